The Morgan fingerprint density at radius 1 is 0.304 bits per heavy atom. The van der Waals surface area contributed by atoms with Gasteiger partial charge in [0.15, 0.2) is 0 Å². The first-order valence-electron chi connectivity index (χ1n) is 20.0. The van der Waals surface area contributed by atoms with Crippen LogP contribution in [-0.2, 0) is 16.2 Å². The molecule has 0 atom stereocenters. The molecule has 8 aromatic rings. The van der Waals surface area contributed by atoms with Gasteiger partial charge in [-0.1, -0.05) is 173 Å². The van der Waals surface area contributed by atoms with Crippen molar-refractivity contribution in [3.63, 3.8) is 0 Å². The lowest BCUT2D eigenvalue weighted by Gasteiger charge is -2.34. The molecule has 0 aliphatic heterocycles. The summed E-state index contributed by atoms with van der Waals surface area (Å²) in [6.45, 7) is 9.57. The molecule has 0 saturated carbocycles. The molecule has 4 aliphatic rings. The second-order valence-corrected chi connectivity index (χ2v) is 17.2. The fourth-order valence-corrected chi connectivity index (χ4v) is 11.5. The van der Waals surface area contributed by atoms with Crippen LogP contribution in [-0.4, -0.2) is 0 Å². The molecule has 56 heavy (non-hydrogen) atoms. The van der Waals surface area contributed by atoms with E-state index < -0.39 is 0 Å². The molecule has 0 amide bonds. The molecule has 0 saturated heterocycles. The quantitative estimate of drug-likeness (QED) is 0.176. The molecule has 0 fully saturated rings. The van der Waals surface area contributed by atoms with E-state index in [1.807, 2.05) is 0 Å². The maximum Gasteiger partial charge on any atom is 0.0725 e. The summed E-state index contributed by atoms with van der Waals surface area (Å²) in [5.74, 6) is 0. The van der Waals surface area contributed by atoms with Crippen molar-refractivity contribution in [1.82, 2.24) is 0 Å². The Kier molecular flexibility index (Phi) is 6.18. The van der Waals surface area contributed by atoms with Gasteiger partial charge in [0.05, 0.1) is 11.1 Å². The molecule has 1 spiro atoms. The third kappa shape index (κ3) is 3.81. The molecule has 0 unspecified atom stereocenters. The first-order valence-corrected chi connectivity index (χ1v) is 20.0. The molecule has 4 aliphatic carbocycles. The topological polar surface area (TPSA) is 3.24 Å². The fourth-order valence-electron chi connectivity index (χ4n) is 11.5. The standard InChI is InChI=1S/C55H41N/c1-53(2)44-22-10-5-16-36(44)41-30-28-35(33-50(41)53)56(51-27-15-21-42-39-19-6-11-23-45(39)54(3,4)52(42)51)34-29-31-49-43(32-34)40-20-9-14-26-48(40)55(49)46-24-12-7-17-37(46)38-18-8-13-25-47(38)55/h5-33H,1-4H3. The fraction of sp³-hybridized carbons (Fsp3) is 0.127. The highest BCUT2D eigenvalue weighted by Crippen LogP contribution is 2.64. The van der Waals surface area contributed by atoms with Crippen molar-refractivity contribution < 1.29 is 0 Å². The van der Waals surface area contributed by atoms with Gasteiger partial charge >= 0.3 is 0 Å². The number of hydrogen-bond donors (Lipinski definition) is 0. The van der Waals surface area contributed by atoms with E-state index in [2.05, 4.69) is 209 Å². The van der Waals surface area contributed by atoms with Crippen molar-refractivity contribution in [3.8, 4) is 44.5 Å². The summed E-state index contributed by atoms with van der Waals surface area (Å²) in [5.41, 5.74) is 24.5. The lowest BCUT2D eigenvalue weighted by Crippen LogP contribution is -2.26. The smallest absolute Gasteiger partial charge is 0.0725 e. The van der Waals surface area contributed by atoms with Gasteiger partial charge in [0.2, 0.25) is 0 Å². The molecule has 0 heterocycles. The maximum absolute atomic E-state index is 2.57. The molecule has 8 aromatic carbocycles. The van der Waals surface area contributed by atoms with Crippen LogP contribution in [0.4, 0.5) is 17.1 Å². The zero-order valence-corrected chi connectivity index (χ0v) is 32.2. The number of nitrogens with zero attached hydrogens (tertiary/aromatic N) is 1. The number of hydrogen-bond acceptors (Lipinski definition) is 1. The van der Waals surface area contributed by atoms with Crippen LogP contribution >= 0.6 is 0 Å². The lowest BCUT2D eigenvalue weighted by molar-refractivity contribution is 0.658. The van der Waals surface area contributed by atoms with E-state index in [0.29, 0.717) is 0 Å². The van der Waals surface area contributed by atoms with Gasteiger partial charge in [-0.05, 0) is 119 Å². The van der Waals surface area contributed by atoms with Crippen molar-refractivity contribution in [2.24, 2.45) is 0 Å². The van der Waals surface area contributed by atoms with Crippen LogP contribution in [0.2, 0.25) is 0 Å². The molecule has 0 bridgehead atoms. The third-order valence-corrected chi connectivity index (χ3v) is 13.9. The number of rotatable bonds is 3. The minimum absolute atomic E-state index is 0.117. The maximum atomic E-state index is 2.57. The van der Waals surface area contributed by atoms with Crippen LogP contribution in [0.15, 0.2) is 176 Å². The van der Waals surface area contributed by atoms with E-state index in [4.69, 9.17) is 0 Å². The highest BCUT2D eigenvalue weighted by atomic mass is 15.1. The second kappa shape index (κ2) is 10.9. The van der Waals surface area contributed by atoms with E-state index in [1.165, 1.54) is 106 Å². The zero-order chi connectivity index (χ0) is 37.6. The summed E-state index contributed by atoms with van der Waals surface area (Å²) in [6.07, 6.45) is 0. The van der Waals surface area contributed by atoms with Crippen LogP contribution < -0.4 is 4.90 Å². The summed E-state index contributed by atoms with van der Waals surface area (Å²) >= 11 is 0. The predicted molar refractivity (Wildman–Crippen MR) is 233 cm³/mol. The van der Waals surface area contributed by atoms with Gasteiger partial charge in [-0.15, -0.1) is 0 Å². The summed E-state index contributed by atoms with van der Waals surface area (Å²) in [6, 6.07) is 66.7. The first kappa shape index (κ1) is 31.9. The van der Waals surface area contributed by atoms with Crippen LogP contribution in [0.3, 0.4) is 0 Å². The molecule has 0 radical (unpaired) electrons. The molecule has 0 aromatic heterocycles. The van der Waals surface area contributed by atoms with Gasteiger partial charge in [-0.3, -0.25) is 0 Å². The van der Waals surface area contributed by atoms with E-state index in [0.717, 1.165) is 0 Å². The third-order valence-electron chi connectivity index (χ3n) is 13.9. The Morgan fingerprint density at radius 3 is 1.32 bits per heavy atom. The molecule has 12 rings (SSSR count). The van der Waals surface area contributed by atoms with E-state index in [-0.39, 0.29) is 16.2 Å². The van der Waals surface area contributed by atoms with Crippen LogP contribution in [0.5, 0.6) is 0 Å². The summed E-state index contributed by atoms with van der Waals surface area (Å²) in [4.78, 5) is 2.57. The van der Waals surface area contributed by atoms with Crippen molar-refractivity contribution in [3.05, 3.63) is 220 Å². The summed E-state index contributed by atoms with van der Waals surface area (Å²) in [5, 5.41) is 0. The number of fused-ring (bicyclic) bond motifs is 16. The van der Waals surface area contributed by atoms with Crippen LogP contribution in [0.25, 0.3) is 44.5 Å². The average molecular weight is 716 g/mol. The zero-order valence-electron chi connectivity index (χ0n) is 32.2. The highest BCUT2D eigenvalue weighted by Gasteiger charge is 2.51. The van der Waals surface area contributed by atoms with Crippen LogP contribution in [0, 0.1) is 0 Å². The highest BCUT2D eigenvalue weighted by molar-refractivity contribution is 5.98. The SMILES string of the molecule is CC1(C)c2ccccc2-c2ccc(N(c3ccc4c(c3)-c3ccccc3C43c4ccccc4-c4ccccc43)c3cccc4c3C(C)(C)c3ccccc3-4)cc21. The Hall–Kier alpha value is -6.44. The van der Waals surface area contributed by atoms with Gasteiger partial charge in [0.25, 0.3) is 0 Å². The minimum atomic E-state index is -0.372. The van der Waals surface area contributed by atoms with Crippen molar-refractivity contribution in [1.29, 1.82) is 0 Å². The molecule has 1 heteroatoms. The van der Waals surface area contributed by atoms with Crippen molar-refractivity contribution in [2.75, 3.05) is 4.90 Å². The van der Waals surface area contributed by atoms with E-state index in [9.17, 15) is 0 Å². The number of benzene rings is 8. The molecule has 0 N–H and O–H groups in total. The molecule has 266 valence electrons. The van der Waals surface area contributed by atoms with Gasteiger partial charge in [0, 0.05) is 22.2 Å². The van der Waals surface area contributed by atoms with Crippen LogP contribution in [0.1, 0.15) is 72.2 Å². The normalized spacial score (nSPS) is 15.9. The lowest BCUT2D eigenvalue weighted by atomic mass is 9.70. The molecule has 1 nitrogen and oxygen atoms in total. The van der Waals surface area contributed by atoms with Gasteiger partial charge in [-0.25, -0.2) is 0 Å². The Morgan fingerprint density at radius 2 is 0.714 bits per heavy atom. The predicted octanol–water partition coefficient (Wildman–Crippen LogP) is 14.1. The second-order valence-electron chi connectivity index (χ2n) is 17.2. The Labute approximate surface area is 329 Å². The van der Waals surface area contributed by atoms with Crippen molar-refractivity contribution in [2.45, 2.75) is 43.9 Å². The summed E-state index contributed by atoms with van der Waals surface area (Å²) < 4.78 is 0. The van der Waals surface area contributed by atoms with Gasteiger partial charge < -0.3 is 4.90 Å². The monoisotopic (exact) mass is 715 g/mol. The summed E-state index contributed by atoms with van der Waals surface area (Å²) in [7, 11) is 0. The van der Waals surface area contributed by atoms with Gasteiger partial charge in [-0.2, -0.15) is 0 Å². The Bertz CT molecular complexity index is 2950. The first-order chi connectivity index (χ1) is 27.3. The van der Waals surface area contributed by atoms with Crippen molar-refractivity contribution >= 4 is 17.1 Å². The largest absolute Gasteiger partial charge is 0.310 e. The number of anilines is 3. The van der Waals surface area contributed by atoms with E-state index >= 15 is 0 Å². The minimum Gasteiger partial charge on any atom is -0.310 e. The van der Waals surface area contributed by atoms with E-state index in [1.54, 1.807) is 0 Å². The average Bonchev–Trinajstić information content (AvgIpc) is 3.86. The molecular formula is C55H41N. The Balaban J connectivity index is 1.13. The molecular weight excluding hydrogens is 675 g/mol. The van der Waals surface area contributed by atoms with Gasteiger partial charge in [0.1, 0.15) is 0 Å².